The summed E-state index contributed by atoms with van der Waals surface area (Å²) in [5.74, 6) is -0.0244. The van der Waals surface area contributed by atoms with Gasteiger partial charge in [0.25, 0.3) is 0 Å². The Morgan fingerprint density at radius 1 is 1.06 bits per heavy atom. The van der Waals surface area contributed by atoms with Crippen LogP contribution in [0.4, 0.5) is 5.69 Å². The number of nitrogens with one attached hydrogen (secondary N) is 1. The highest BCUT2D eigenvalue weighted by molar-refractivity contribution is 7.91. The molecule has 0 bridgehead atoms. The van der Waals surface area contributed by atoms with Crippen molar-refractivity contribution in [2.24, 2.45) is 0 Å². The summed E-state index contributed by atoms with van der Waals surface area (Å²) in [6.45, 7) is 1.83. The minimum absolute atomic E-state index is 0.104. The average molecular weight is 509 g/mol. The van der Waals surface area contributed by atoms with Crippen LogP contribution >= 0.6 is 11.3 Å². The molecule has 180 valence electrons. The molecule has 0 aliphatic carbocycles. The first kappa shape index (κ1) is 24.4. The van der Waals surface area contributed by atoms with Crippen molar-refractivity contribution in [3.05, 3.63) is 95.1 Å². The van der Waals surface area contributed by atoms with Crippen LogP contribution in [0.25, 0.3) is 10.4 Å². The summed E-state index contributed by atoms with van der Waals surface area (Å²) in [4.78, 5) is 18.0. The van der Waals surface area contributed by atoms with Crippen LogP contribution in [-0.4, -0.2) is 33.6 Å². The first-order chi connectivity index (χ1) is 16.8. The van der Waals surface area contributed by atoms with Crippen molar-refractivity contribution < 1.29 is 22.7 Å². The van der Waals surface area contributed by atoms with Crippen molar-refractivity contribution in [3.63, 3.8) is 0 Å². The molecular formula is C26H24N2O5S2. The smallest absolute Gasteiger partial charge is 0.339 e. The lowest BCUT2D eigenvalue weighted by atomic mass is 10.0. The van der Waals surface area contributed by atoms with E-state index in [0.717, 1.165) is 10.4 Å². The van der Waals surface area contributed by atoms with E-state index in [1.165, 1.54) is 32.5 Å². The van der Waals surface area contributed by atoms with E-state index in [-0.39, 0.29) is 10.5 Å². The van der Waals surface area contributed by atoms with Gasteiger partial charge in [-0.25, -0.2) is 13.2 Å². The number of rotatable bonds is 8. The van der Waals surface area contributed by atoms with Crippen molar-refractivity contribution in [1.82, 2.24) is 4.98 Å². The molecule has 0 aliphatic rings. The highest BCUT2D eigenvalue weighted by Crippen LogP contribution is 2.36. The average Bonchev–Trinajstić information content (AvgIpc) is 3.42. The number of hydrogen-bond donors (Lipinski definition) is 1. The van der Waals surface area contributed by atoms with Crippen molar-refractivity contribution in [2.75, 3.05) is 19.5 Å². The molecule has 1 unspecified atom stereocenters. The van der Waals surface area contributed by atoms with Gasteiger partial charge in [-0.2, -0.15) is 0 Å². The zero-order valence-corrected chi connectivity index (χ0v) is 21.0. The zero-order chi connectivity index (χ0) is 25.0. The second-order valence-corrected chi connectivity index (χ2v) is 10.7. The van der Waals surface area contributed by atoms with Crippen molar-refractivity contribution in [2.45, 2.75) is 17.2 Å². The number of ether oxygens (including phenoxy) is 2. The summed E-state index contributed by atoms with van der Waals surface area (Å²) in [5.41, 5.74) is 2.60. The standard InChI is InChI=1S/C26H24N2O5S2/c1-17-14-19(23-7-5-13-34-23)15-22(26(29)33-3)24(17)28-25(18-6-4-12-27-16-18)35(30,31)21-10-8-20(32-2)9-11-21/h4-16,25,28H,1-3H3. The first-order valence-corrected chi connectivity index (χ1v) is 13.1. The van der Waals surface area contributed by atoms with Crippen LogP contribution in [0.5, 0.6) is 5.75 Å². The largest absolute Gasteiger partial charge is 0.497 e. The number of aromatic nitrogens is 1. The summed E-state index contributed by atoms with van der Waals surface area (Å²) < 4.78 is 37.8. The number of sulfone groups is 1. The molecule has 1 N–H and O–H groups in total. The van der Waals surface area contributed by atoms with Gasteiger partial charge in [0.05, 0.1) is 30.4 Å². The Labute approximate surface area is 208 Å². The lowest BCUT2D eigenvalue weighted by Gasteiger charge is -2.24. The molecule has 0 radical (unpaired) electrons. The summed E-state index contributed by atoms with van der Waals surface area (Å²) in [6, 6.07) is 17.0. The number of carbonyl (C=O) groups excluding carboxylic acids is 1. The van der Waals surface area contributed by atoms with Gasteiger partial charge >= 0.3 is 5.97 Å². The number of benzene rings is 2. The lowest BCUT2D eigenvalue weighted by Crippen LogP contribution is -2.24. The highest BCUT2D eigenvalue weighted by Gasteiger charge is 2.31. The van der Waals surface area contributed by atoms with E-state index in [9.17, 15) is 13.2 Å². The van der Waals surface area contributed by atoms with Crippen LogP contribution in [0.15, 0.2) is 83.3 Å². The maximum atomic E-state index is 13.8. The fourth-order valence-electron chi connectivity index (χ4n) is 3.74. The van der Waals surface area contributed by atoms with Gasteiger partial charge < -0.3 is 14.8 Å². The van der Waals surface area contributed by atoms with Crippen LogP contribution in [-0.2, 0) is 14.6 Å². The molecule has 0 saturated heterocycles. The SMILES string of the molecule is COC(=O)c1cc(-c2cccs2)cc(C)c1NC(c1cccnc1)S(=O)(=O)c1ccc(OC)cc1. The van der Waals surface area contributed by atoms with Gasteiger partial charge in [0, 0.05) is 22.8 Å². The molecule has 2 heterocycles. The van der Waals surface area contributed by atoms with E-state index in [1.807, 2.05) is 30.5 Å². The summed E-state index contributed by atoms with van der Waals surface area (Å²) in [5, 5.41) is 3.87. The molecule has 0 fully saturated rings. The van der Waals surface area contributed by atoms with E-state index in [4.69, 9.17) is 9.47 Å². The van der Waals surface area contributed by atoms with Gasteiger partial charge in [-0.15, -0.1) is 11.3 Å². The van der Waals surface area contributed by atoms with Gasteiger partial charge in [-0.05, 0) is 72.0 Å². The normalized spacial score (nSPS) is 12.1. The predicted molar refractivity (Wildman–Crippen MR) is 137 cm³/mol. The Hall–Kier alpha value is -3.69. The van der Waals surface area contributed by atoms with Crippen LogP contribution in [0.2, 0.25) is 0 Å². The Kier molecular flexibility index (Phi) is 7.18. The number of anilines is 1. The topological polar surface area (TPSA) is 94.6 Å². The predicted octanol–water partition coefficient (Wildman–Crippen LogP) is 5.50. The molecule has 0 spiro atoms. The lowest BCUT2D eigenvalue weighted by molar-refractivity contribution is 0.0601. The number of carbonyl (C=O) groups is 1. The molecule has 4 aromatic rings. The maximum absolute atomic E-state index is 13.8. The number of pyridine rings is 1. The molecule has 0 aliphatic heterocycles. The maximum Gasteiger partial charge on any atom is 0.339 e. The summed E-state index contributed by atoms with van der Waals surface area (Å²) in [7, 11) is -1.14. The number of esters is 1. The molecular weight excluding hydrogens is 484 g/mol. The number of methoxy groups -OCH3 is 2. The molecule has 35 heavy (non-hydrogen) atoms. The zero-order valence-electron chi connectivity index (χ0n) is 19.4. The van der Waals surface area contributed by atoms with E-state index >= 15 is 0 Å². The number of thiophene rings is 1. The molecule has 0 saturated carbocycles. The molecule has 2 aromatic heterocycles. The van der Waals surface area contributed by atoms with Crippen LogP contribution in [0.3, 0.4) is 0 Å². The fourth-order valence-corrected chi connectivity index (χ4v) is 6.01. The van der Waals surface area contributed by atoms with Crippen LogP contribution in [0, 0.1) is 6.92 Å². The molecule has 9 heteroatoms. The molecule has 4 rings (SSSR count). The molecule has 7 nitrogen and oxygen atoms in total. The number of nitrogens with zero attached hydrogens (tertiary/aromatic N) is 1. The second-order valence-electron chi connectivity index (χ2n) is 7.72. The third kappa shape index (κ3) is 5.06. The molecule has 0 amide bonds. The van der Waals surface area contributed by atoms with Gasteiger partial charge in [0.1, 0.15) is 5.75 Å². The van der Waals surface area contributed by atoms with E-state index < -0.39 is 21.2 Å². The second kappa shape index (κ2) is 10.3. The number of hydrogen-bond acceptors (Lipinski definition) is 8. The Balaban J connectivity index is 1.85. The Morgan fingerprint density at radius 2 is 1.83 bits per heavy atom. The van der Waals surface area contributed by atoms with Crippen LogP contribution < -0.4 is 10.1 Å². The minimum Gasteiger partial charge on any atom is -0.497 e. The van der Waals surface area contributed by atoms with Crippen molar-refractivity contribution in [1.29, 1.82) is 0 Å². The summed E-state index contributed by atoms with van der Waals surface area (Å²) >= 11 is 1.55. The summed E-state index contributed by atoms with van der Waals surface area (Å²) in [6.07, 6.45) is 3.06. The third-order valence-electron chi connectivity index (χ3n) is 5.51. The van der Waals surface area contributed by atoms with E-state index in [2.05, 4.69) is 10.3 Å². The number of aryl methyl sites for hydroxylation is 1. The molecule has 2 aromatic carbocycles. The Morgan fingerprint density at radius 3 is 2.43 bits per heavy atom. The monoisotopic (exact) mass is 508 g/mol. The van der Waals surface area contributed by atoms with Gasteiger partial charge in [0.15, 0.2) is 5.37 Å². The van der Waals surface area contributed by atoms with Gasteiger partial charge in [0.2, 0.25) is 9.84 Å². The third-order valence-corrected chi connectivity index (χ3v) is 8.37. The first-order valence-electron chi connectivity index (χ1n) is 10.7. The quantitative estimate of drug-likeness (QED) is 0.314. The minimum atomic E-state index is -3.95. The Bertz CT molecular complexity index is 1420. The van der Waals surface area contributed by atoms with Crippen molar-refractivity contribution in [3.8, 4) is 16.2 Å². The van der Waals surface area contributed by atoms with E-state index in [0.29, 0.717) is 22.6 Å². The molecule has 1 atom stereocenters. The highest BCUT2D eigenvalue weighted by atomic mass is 32.2. The van der Waals surface area contributed by atoms with E-state index in [1.54, 1.807) is 47.9 Å². The van der Waals surface area contributed by atoms with Gasteiger partial charge in [-0.1, -0.05) is 12.1 Å². The fraction of sp³-hybridized carbons (Fsp3) is 0.154. The van der Waals surface area contributed by atoms with Crippen molar-refractivity contribution >= 4 is 32.8 Å². The van der Waals surface area contributed by atoms with Gasteiger partial charge in [-0.3, -0.25) is 4.98 Å². The van der Waals surface area contributed by atoms with Crippen LogP contribution in [0.1, 0.15) is 26.9 Å².